The second kappa shape index (κ2) is 6.38. The van der Waals surface area contributed by atoms with Crippen molar-refractivity contribution >= 4 is 0 Å². The van der Waals surface area contributed by atoms with E-state index < -0.39 is 0 Å². The first kappa shape index (κ1) is 13.6. The summed E-state index contributed by atoms with van der Waals surface area (Å²) in [6, 6.07) is 9.89. The predicted octanol–water partition coefficient (Wildman–Crippen LogP) is 4.34. The van der Waals surface area contributed by atoms with Gasteiger partial charge < -0.3 is 5.32 Å². The minimum absolute atomic E-state index is 0.580. The topological polar surface area (TPSA) is 12.0 Å². The molecule has 1 fully saturated rings. The van der Waals surface area contributed by atoms with E-state index in [0.29, 0.717) is 6.04 Å². The van der Waals surface area contributed by atoms with Crippen LogP contribution in [0.2, 0.25) is 0 Å². The van der Waals surface area contributed by atoms with Crippen LogP contribution in [0.25, 0.3) is 0 Å². The second-order valence-corrected chi connectivity index (χ2v) is 6.07. The first-order chi connectivity index (χ1) is 8.70. The molecule has 1 atom stereocenters. The Bertz CT molecular complexity index is 348. The maximum Gasteiger partial charge on any atom is 0.0348 e. The Morgan fingerprint density at radius 3 is 2.28 bits per heavy atom. The summed E-state index contributed by atoms with van der Waals surface area (Å²) < 4.78 is 0. The molecular weight excluding hydrogens is 218 g/mol. The lowest BCUT2D eigenvalue weighted by atomic mass is 9.77. The number of hydrogen-bond acceptors (Lipinski definition) is 1. The molecule has 0 heterocycles. The van der Waals surface area contributed by atoms with Crippen LogP contribution in [0, 0.1) is 11.8 Å². The van der Waals surface area contributed by atoms with Crippen LogP contribution in [-0.2, 0) is 6.42 Å². The smallest absolute Gasteiger partial charge is 0.0348 e. The molecule has 0 spiro atoms. The molecular formula is C17H27N. The molecule has 2 rings (SSSR count). The van der Waals surface area contributed by atoms with Crippen LogP contribution in [0.15, 0.2) is 24.3 Å². The quantitative estimate of drug-likeness (QED) is 0.786. The van der Waals surface area contributed by atoms with Crippen molar-refractivity contribution in [2.45, 2.75) is 52.5 Å². The van der Waals surface area contributed by atoms with Gasteiger partial charge in [-0.15, -0.1) is 0 Å². The predicted molar refractivity (Wildman–Crippen MR) is 78.7 cm³/mol. The zero-order chi connectivity index (χ0) is 13.0. The lowest BCUT2D eigenvalue weighted by Crippen LogP contribution is -2.32. The molecule has 0 aliphatic heterocycles. The van der Waals surface area contributed by atoms with Crippen LogP contribution in [0.1, 0.15) is 57.2 Å². The molecule has 0 aromatic heterocycles. The number of benzene rings is 1. The molecule has 1 heteroatoms. The summed E-state index contributed by atoms with van der Waals surface area (Å²) in [7, 11) is 0. The van der Waals surface area contributed by atoms with Gasteiger partial charge in [0.05, 0.1) is 0 Å². The highest BCUT2D eigenvalue weighted by Crippen LogP contribution is 2.37. The van der Waals surface area contributed by atoms with E-state index in [0.717, 1.165) is 18.4 Å². The lowest BCUT2D eigenvalue weighted by Gasteiger charge is -2.34. The lowest BCUT2D eigenvalue weighted by molar-refractivity contribution is 0.233. The Morgan fingerprint density at radius 2 is 1.83 bits per heavy atom. The van der Waals surface area contributed by atoms with Gasteiger partial charge in [0.2, 0.25) is 0 Å². The summed E-state index contributed by atoms with van der Waals surface area (Å²) in [5.74, 6) is 1.60. The molecule has 0 amide bonds. The molecule has 1 unspecified atom stereocenters. The zero-order valence-electron chi connectivity index (χ0n) is 12.1. The van der Waals surface area contributed by atoms with Gasteiger partial charge in [-0.25, -0.2) is 0 Å². The minimum Gasteiger partial charge on any atom is -0.310 e. The third kappa shape index (κ3) is 3.35. The van der Waals surface area contributed by atoms with Gasteiger partial charge in [0, 0.05) is 6.04 Å². The van der Waals surface area contributed by atoms with E-state index >= 15 is 0 Å². The van der Waals surface area contributed by atoms with Crippen LogP contribution < -0.4 is 5.32 Å². The van der Waals surface area contributed by atoms with Gasteiger partial charge in [-0.05, 0) is 48.8 Å². The molecule has 1 aromatic carbocycles. The first-order valence-corrected chi connectivity index (χ1v) is 7.53. The number of rotatable bonds is 6. The highest BCUT2D eigenvalue weighted by Gasteiger charge is 2.27. The maximum atomic E-state index is 3.66. The monoisotopic (exact) mass is 245 g/mol. The van der Waals surface area contributed by atoms with Crippen molar-refractivity contribution in [2.24, 2.45) is 11.8 Å². The maximum absolute atomic E-state index is 3.66. The van der Waals surface area contributed by atoms with Gasteiger partial charge in [0.1, 0.15) is 0 Å². The second-order valence-electron chi connectivity index (χ2n) is 6.07. The van der Waals surface area contributed by atoms with E-state index in [4.69, 9.17) is 0 Å². The fraction of sp³-hybridized carbons (Fsp3) is 0.647. The van der Waals surface area contributed by atoms with E-state index in [2.05, 4.69) is 50.4 Å². The number of nitrogens with one attached hydrogen (secondary N) is 1. The first-order valence-electron chi connectivity index (χ1n) is 7.53. The van der Waals surface area contributed by atoms with Gasteiger partial charge in [-0.3, -0.25) is 0 Å². The van der Waals surface area contributed by atoms with Crippen molar-refractivity contribution in [3.8, 4) is 0 Å². The Labute approximate surface area is 112 Å². The Balaban J connectivity index is 2.05. The summed E-state index contributed by atoms with van der Waals surface area (Å²) in [5.41, 5.74) is 2.95. The van der Waals surface area contributed by atoms with E-state index in [-0.39, 0.29) is 0 Å². The summed E-state index contributed by atoms with van der Waals surface area (Å²) in [6.07, 6.45) is 5.39. The Morgan fingerprint density at radius 1 is 1.17 bits per heavy atom. The normalized spacial score (nSPS) is 17.8. The van der Waals surface area contributed by atoms with Crippen LogP contribution >= 0.6 is 0 Å². The minimum atomic E-state index is 0.580. The largest absolute Gasteiger partial charge is 0.310 e. The molecule has 1 nitrogen and oxygen atoms in total. The van der Waals surface area contributed by atoms with Crippen molar-refractivity contribution in [2.75, 3.05) is 6.54 Å². The van der Waals surface area contributed by atoms with E-state index in [1.54, 1.807) is 0 Å². The summed E-state index contributed by atoms with van der Waals surface area (Å²) in [6.45, 7) is 7.83. The van der Waals surface area contributed by atoms with E-state index in [1.165, 1.54) is 36.8 Å². The summed E-state index contributed by atoms with van der Waals surface area (Å²) in [5, 5.41) is 3.66. The fourth-order valence-electron chi connectivity index (χ4n) is 2.88. The Hall–Kier alpha value is -0.820. The van der Waals surface area contributed by atoms with Gasteiger partial charge in [0.25, 0.3) is 0 Å². The van der Waals surface area contributed by atoms with Crippen molar-refractivity contribution in [3.05, 3.63) is 35.4 Å². The molecule has 1 saturated carbocycles. The standard InChI is InChI=1S/C17H27N/c1-4-18-17(15-6-5-7-15)16-10-8-14(9-11-16)12-13(2)3/h8-11,13,15,17-18H,4-7,12H2,1-3H3. The number of hydrogen-bond donors (Lipinski definition) is 1. The van der Waals surface area contributed by atoms with Crippen molar-refractivity contribution in [1.82, 2.24) is 5.32 Å². The molecule has 0 saturated heterocycles. The molecule has 18 heavy (non-hydrogen) atoms. The average molecular weight is 245 g/mol. The van der Waals surface area contributed by atoms with Crippen LogP contribution in [0.4, 0.5) is 0 Å². The molecule has 1 aliphatic rings. The molecule has 1 aliphatic carbocycles. The third-order valence-corrected chi connectivity index (χ3v) is 4.03. The SMILES string of the molecule is CCNC(c1ccc(CC(C)C)cc1)C1CCC1. The van der Waals surface area contributed by atoms with Crippen molar-refractivity contribution < 1.29 is 0 Å². The fourth-order valence-corrected chi connectivity index (χ4v) is 2.88. The molecule has 0 bridgehead atoms. The van der Waals surface area contributed by atoms with Gasteiger partial charge >= 0.3 is 0 Å². The highest BCUT2D eigenvalue weighted by molar-refractivity contribution is 5.26. The summed E-state index contributed by atoms with van der Waals surface area (Å²) >= 11 is 0. The van der Waals surface area contributed by atoms with Gasteiger partial charge in [-0.1, -0.05) is 51.5 Å². The zero-order valence-corrected chi connectivity index (χ0v) is 12.1. The van der Waals surface area contributed by atoms with Gasteiger partial charge in [-0.2, -0.15) is 0 Å². The van der Waals surface area contributed by atoms with Crippen molar-refractivity contribution in [1.29, 1.82) is 0 Å². The highest BCUT2D eigenvalue weighted by atomic mass is 14.9. The molecule has 1 aromatic rings. The van der Waals surface area contributed by atoms with Crippen LogP contribution in [-0.4, -0.2) is 6.54 Å². The summed E-state index contributed by atoms with van der Waals surface area (Å²) in [4.78, 5) is 0. The van der Waals surface area contributed by atoms with Crippen LogP contribution in [0.3, 0.4) is 0 Å². The molecule has 0 radical (unpaired) electrons. The van der Waals surface area contributed by atoms with E-state index in [9.17, 15) is 0 Å². The third-order valence-electron chi connectivity index (χ3n) is 4.03. The van der Waals surface area contributed by atoms with Crippen molar-refractivity contribution in [3.63, 3.8) is 0 Å². The van der Waals surface area contributed by atoms with Crippen LogP contribution in [0.5, 0.6) is 0 Å². The average Bonchev–Trinajstić information content (AvgIpc) is 2.26. The van der Waals surface area contributed by atoms with Gasteiger partial charge in [0.15, 0.2) is 0 Å². The molecule has 100 valence electrons. The Kier molecular flexibility index (Phi) is 4.82. The molecule has 1 N–H and O–H groups in total. The van der Waals surface area contributed by atoms with E-state index in [1.807, 2.05) is 0 Å².